The standard InChI is InChI=1S/C20H18F4N2O4S/c21-13-3-1-2-12(20(22,23)24)16(13)17(27)25-18-15(11-4-7-30-10-14(11)31-18)19(28)26-5-8-29-9-6-26/h1-3H,4-10H2,(H,25,27). The maximum absolute atomic E-state index is 14.2. The Kier molecular flexibility index (Phi) is 6.00. The van der Waals surface area contributed by atoms with Crippen LogP contribution in [0.4, 0.5) is 22.6 Å². The van der Waals surface area contributed by atoms with Gasteiger partial charge in [-0.25, -0.2) is 4.39 Å². The Hall–Kier alpha value is -2.50. The van der Waals surface area contributed by atoms with Crippen molar-refractivity contribution in [1.29, 1.82) is 0 Å². The number of alkyl halides is 3. The van der Waals surface area contributed by atoms with Crippen LogP contribution in [-0.2, 0) is 28.7 Å². The Labute approximate surface area is 178 Å². The first-order valence-corrected chi connectivity index (χ1v) is 10.4. The molecule has 1 saturated heterocycles. The molecule has 1 fully saturated rings. The topological polar surface area (TPSA) is 67.9 Å². The molecule has 4 rings (SSSR count). The van der Waals surface area contributed by atoms with Crippen LogP contribution in [0.15, 0.2) is 18.2 Å². The van der Waals surface area contributed by atoms with Crippen molar-refractivity contribution < 1.29 is 36.6 Å². The second-order valence-electron chi connectivity index (χ2n) is 7.03. The minimum absolute atomic E-state index is 0.0911. The van der Waals surface area contributed by atoms with E-state index in [-0.39, 0.29) is 23.1 Å². The molecule has 2 aliphatic rings. The maximum atomic E-state index is 14.2. The molecule has 0 aliphatic carbocycles. The SMILES string of the molecule is O=C(Nc1sc2c(c1C(=O)N1CCOCC1)CCOC2)c1c(F)cccc1C(F)(F)F. The molecule has 0 spiro atoms. The Morgan fingerprint density at radius 2 is 1.81 bits per heavy atom. The van der Waals surface area contributed by atoms with Crippen LogP contribution in [0, 0.1) is 5.82 Å². The highest BCUT2D eigenvalue weighted by Gasteiger charge is 2.38. The number of rotatable bonds is 3. The maximum Gasteiger partial charge on any atom is 0.417 e. The fourth-order valence-electron chi connectivity index (χ4n) is 3.63. The number of carbonyl (C=O) groups excluding carboxylic acids is 2. The van der Waals surface area contributed by atoms with Gasteiger partial charge in [-0.2, -0.15) is 13.2 Å². The second kappa shape index (κ2) is 8.56. The van der Waals surface area contributed by atoms with E-state index in [2.05, 4.69) is 5.32 Å². The highest BCUT2D eigenvalue weighted by Crippen LogP contribution is 2.39. The number of fused-ring (bicyclic) bond motifs is 1. The molecule has 31 heavy (non-hydrogen) atoms. The molecule has 0 atom stereocenters. The summed E-state index contributed by atoms with van der Waals surface area (Å²) in [4.78, 5) is 28.2. The van der Waals surface area contributed by atoms with Gasteiger partial charge in [-0.05, 0) is 24.1 Å². The first-order chi connectivity index (χ1) is 14.8. The minimum Gasteiger partial charge on any atom is -0.378 e. The molecule has 11 heteroatoms. The number of hydrogen-bond donors (Lipinski definition) is 1. The number of anilines is 1. The Morgan fingerprint density at radius 1 is 1.06 bits per heavy atom. The van der Waals surface area contributed by atoms with E-state index in [1.165, 1.54) is 0 Å². The van der Waals surface area contributed by atoms with E-state index in [0.717, 1.165) is 23.5 Å². The first-order valence-electron chi connectivity index (χ1n) is 9.53. The zero-order chi connectivity index (χ0) is 22.2. The van der Waals surface area contributed by atoms with Gasteiger partial charge in [0.2, 0.25) is 0 Å². The summed E-state index contributed by atoms with van der Waals surface area (Å²) in [5.41, 5.74) is -1.56. The summed E-state index contributed by atoms with van der Waals surface area (Å²) >= 11 is 1.06. The van der Waals surface area contributed by atoms with Crippen LogP contribution in [0.2, 0.25) is 0 Å². The third kappa shape index (κ3) is 4.30. The minimum atomic E-state index is -4.91. The number of hydrogen-bond acceptors (Lipinski definition) is 5. The number of morpholine rings is 1. The quantitative estimate of drug-likeness (QED) is 0.713. The molecule has 6 nitrogen and oxygen atoms in total. The van der Waals surface area contributed by atoms with Crippen molar-refractivity contribution in [2.75, 3.05) is 38.2 Å². The van der Waals surface area contributed by atoms with Gasteiger partial charge < -0.3 is 19.7 Å². The molecule has 3 heterocycles. The predicted molar refractivity (Wildman–Crippen MR) is 104 cm³/mol. The van der Waals surface area contributed by atoms with Crippen LogP contribution in [-0.4, -0.2) is 49.6 Å². The highest BCUT2D eigenvalue weighted by molar-refractivity contribution is 7.17. The van der Waals surface area contributed by atoms with Gasteiger partial charge in [0.25, 0.3) is 11.8 Å². The normalized spacial score (nSPS) is 16.7. The van der Waals surface area contributed by atoms with Gasteiger partial charge in [-0.1, -0.05) is 6.07 Å². The molecule has 1 aromatic carbocycles. The van der Waals surface area contributed by atoms with Crippen molar-refractivity contribution in [2.24, 2.45) is 0 Å². The van der Waals surface area contributed by atoms with Gasteiger partial charge >= 0.3 is 6.18 Å². The smallest absolute Gasteiger partial charge is 0.378 e. The molecule has 2 aromatic rings. The van der Waals surface area contributed by atoms with E-state index in [9.17, 15) is 27.2 Å². The fraction of sp³-hybridized carbons (Fsp3) is 0.400. The second-order valence-corrected chi connectivity index (χ2v) is 8.13. The summed E-state index contributed by atoms with van der Waals surface area (Å²) in [5, 5.41) is 2.45. The van der Waals surface area contributed by atoms with Crippen LogP contribution in [0.25, 0.3) is 0 Å². The Morgan fingerprint density at radius 3 is 2.52 bits per heavy atom. The predicted octanol–water partition coefficient (Wildman–Crippen LogP) is 3.70. The molecule has 0 saturated carbocycles. The van der Waals surface area contributed by atoms with Crippen molar-refractivity contribution in [1.82, 2.24) is 4.90 Å². The zero-order valence-electron chi connectivity index (χ0n) is 16.2. The lowest BCUT2D eigenvalue weighted by atomic mass is 10.0. The summed E-state index contributed by atoms with van der Waals surface area (Å²) in [7, 11) is 0. The van der Waals surface area contributed by atoms with Crippen LogP contribution in [0.1, 0.15) is 36.7 Å². The number of nitrogens with zero attached hydrogens (tertiary/aromatic N) is 1. The lowest BCUT2D eigenvalue weighted by Crippen LogP contribution is -2.41. The van der Waals surface area contributed by atoms with Gasteiger partial charge in [0.1, 0.15) is 10.8 Å². The van der Waals surface area contributed by atoms with Crippen LogP contribution < -0.4 is 5.32 Å². The molecule has 1 aromatic heterocycles. The van der Waals surface area contributed by atoms with E-state index in [4.69, 9.17) is 9.47 Å². The number of nitrogens with one attached hydrogen (secondary N) is 1. The van der Waals surface area contributed by atoms with E-state index in [1.807, 2.05) is 0 Å². The van der Waals surface area contributed by atoms with Gasteiger partial charge in [-0.3, -0.25) is 9.59 Å². The molecule has 0 unspecified atom stereocenters. The fourth-order valence-corrected chi connectivity index (χ4v) is 4.80. The molecule has 1 N–H and O–H groups in total. The van der Waals surface area contributed by atoms with Crippen molar-refractivity contribution in [3.05, 3.63) is 51.1 Å². The summed E-state index contributed by atoms with van der Waals surface area (Å²) in [6.45, 7) is 2.07. The summed E-state index contributed by atoms with van der Waals surface area (Å²) < 4.78 is 64.9. The molecular weight excluding hydrogens is 440 g/mol. The summed E-state index contributed by atoms with van der Waals surface area (Å²) in [6.07, 6.45) is -4.48. The molecule has 0 bridgehead atoms. The van der Waals surface area contributed by atoms with Gasteiger partial charge in [-0.15, -0.1) is 11.3 Å². The van der Waals surface area contributed by atoms with Crippen LogP contribution in [0.5, 0.6) is 0 Å². The average molecular weight is 458 g/mol. The number of amides is 2. The monoisotopic (exact) mass is 458 g/mol. The summed E-state index contributed by atoms with van der Waals surface area (Å²) in [5.74, 6) is -2.90. The lowest BCUT2D eigenvalue weighted by molar-refractivity contribution is -0.138. The number of halogens is 4. The van der Waals surface area contributed by atoms with Crippen molar-refractivity contribution in [3.63, 3.8) is 0 Å². The zero-order valence-corrected chi connectivity index (χ0v) is 17.0. The van der Waals surface area contributed by atoms with Crippen molar-refractivity contribution >= 4 is 28.2 Å². The molecular formula is C20H18F4N2O4S. The number of benzene rings is 1. The molecule has 166 valence electrons. The van der Waals surface area contributed by atoms with E-state index in [0.29, 0.717) is 55.8 Å². The number of ether oxygens (including phenoxy) is 2. The molecule has 0 radical (unpaired) electrons. The highest BCUT2D eigenvalue weighted by atomic mass is 32.1. The molecule has 2 amide bonds. The third-order valence-corrected chi connectivity index (χ3v) is 6.23. The van der Waals surface area contributed by atoms with Crippen LogP contribution >= 0.6 is 11.3 Å². The number of thiophene rings is 1. The summed E-state index contributed by atoms with van der Waals surface area (Å²) in [6, 6.07) is 2.33. The lowest BCUT2D eigenvalue weighted by Gasteiger charge is -2.27. The first kappa shape index (κ1) is 21.7. The largest absolute Gasteiger partial charge is 0.417 e. The average Bonchev–Trinajstić information content (AvgIpc) is 3.10. The van der Waals surface area contributed by atoms with E-state index < -0.39 is 29.0 Å². The Bertz CT molecular complexity index is 1020. The van der Waals surface area contributed by atoms with Gasteiger partial charge in [0.15, 0.2) is 0 Å². The van der Waals surface area contributed by atoms with Gasteiger partial charge in [0, 0.05) is 18.0 Å². The van der Waals surface area contributed by atoms with Crippen molar-refractivity contribution in [2.45, 2.75) is 19.2 Å². The van der Waals surface area contributed by atoms with E-state index >= 15 is 0 Å². The van der Waals surface area contributed by atoms with E-state index in [1.54, 1.807) is 4.90 Å². The van der Waals surface area contributed by atoms with Crippen LogP contribution in [0.3, 0.4) is 0 Å². The molecule has 2 aliphatic heterocycles. The Balaban J connectivity index is 1.72. The van der Waals surface area contributed by atoms with Crippen molar-refractivity contribution in [3.8, 4) is 0 Å². The van der Waals surface area contributed by atoms with Gasteiger partial charge in [0.05, 0.1) is 43.1 Å². The third-order valence-electron chi connectivity index (χ3n) is 5.11. The number of carbonyl (C=O) groups is 2.